The molecular weight excluding hydrogens is 227 g/mol. The molecule has 5 nitrogen and oxygen atoms in total. The molecule has 1 aromatic carbocycles. The van der Waals surface area contributed by atoms with Crippen LogP contribution in [0.1, 0.15) is 23.2 Å². The topological polar surface area (TPSA) is 81.4 Å². The first-order valence-electron chi connectivity index (χ1n) is 5.03. The van der Waals surface area contributed by atoms with Crippen LogP contribution in [0.2, 0.25) is 0 Å². The van der Waals surface area contributed by atoms with Crippen molar-refractivity contribution in [1.82, 2.24) is 5.43 Å². The molecule has 0 spiro atoms. The summed E-state index contributed by atoms with van der Waals surface area (Å²) >= 11 is 0. The zero-order valence-corrected chi connectivity index (χ0v) is 9.11. The van der Waals surface area contributed by atoms with Crippen LogP contribution in [0.25, 0.3) is 0 Å². The number of carbonyl (C=O) groups is 2. The Labute approximate surface area is 97.7 Å². The van der Waals surface area contributed by atoms with Gasteiger partial charge < -0.3 is 4.74 Å². The van der Waals surface area contributed by atoms with Crippen LogP contribution in [0.5, 0.6) is 5.75 Å². The number of hydrogen-bond acceptors (Lipinski definition) is 4. The summed E-state index contributed by atoms with van der Waals surface area (Å²) in [6, 6.07) is 3.72. The molecule has 3 N–H and O–H groups in total. The van der Waals surface area contributed by atoms with E-state index in [2.05, 4.69) is 0 Å². The zero-order chi connectivity index (χ0) is 12.7. The van der Waals surface area contributed by atoms with E-state index in [0.29, 0.717) is 12.7 Å². The maximum absolute atomic E-state index is 13.0. The van der Waals surface area contributed by atoms with Gasteiger partial charge in [-0.05, 0) is 18.6 Å². The minimum atomic E-state index is -0.538. The first-order valence-corrected chi connectivity index (χ1v) is 5.03. The molecule has 0 bridgehead atoms. The molecule has 0 saturated carbocycles. The quantitative estimate of drug-likeness (QED) is 0.253. The van der Waals surface area contributed by atoms with E-state index in [1.807, 2.05) is 5.43 Å². The molecule has 0 unspecified atom stereocenters. The number of aldehydes is 1. The second-order valence-electron chi connectivity index (χ2n) is 3.36. The van der Waals surface area contributed by atoms with E-state index in [1.54, 1.807) is 0 Å². The number of ether oxygens (including phenoxy) is 1. The van der Waals surface area contributed by atoms with Crippen LogP contribution in [0.4, 0.5) is 4.39 Å². The van der Waals surface area contributed by atoms with Crippen molar-refractivity contribution in [3.63, 3.8) is 0 Å². The van der Waals surface area contributed by atoms with Crippen LogP contribution < -0.4 is 16.0 Å². The summed E-state index contributed by atoms with van der Waals surface area (Å²) in [5.41, 5.74) is 2.20. The molecule has 6 heteroatoms. The van der Waals surface area contributed by atoms with Crippen molar-refractivity contribution < 1.29 is 18.7 Å². The van der Waals surface area contributed by atoms with Crippen molar-refractivity contribution in [2.45, 2.75) is 12.8 Å². The molecule has 0 fully saturated rings. The van der Waals surface area contributed by atoms with Crippen LogP contribution in [-0.2, 0) is 4.79 Å². The number of amides is 1. The molecule has 0 radical (unpaired) electrons. The van der Waals surface area contributed by atoms with Crippen molar-refractivity contribution in [2.24, 2.45) is 5.84 Å². The second-order valence-corrected chi connectivity index (χ2v) is 3.36. The average Bonchev–Trinajstić information content (AvgIpc) is 2.33. The van der Waals surface area contributed by atoms with Crippen LogP contribution >= 0.6 is 0 Å². The Morgan fingerprint density at radius 1 is 1.47 bits per heavy atom. The first-order chi connectivity index (χ1) is 8.15. The van der Waals surface area contributed by atoms with Gasteiger partial charge in [-0.25, -0.2) is 10.2 Å². The fourth-order valence-corrected chi connectivity index (χ4v) is 1.23. The lowest BCUT2D eigenvalue weighted by Gasteiger charge is -2.06. The summed E-state index contributed by atoms with van der Waals surface area (Å²) in [6.07, 6.45) is 1.22. The molecule has 0 aliphatic carbocycles. The van der Waals surface area contributed by atoms with Gasteiger partial charge in [0.2, 0.25) is 5.91 Å². The van der Waals surface area contributed by atoms with Crippen molar-refractivity contribution in [3.8, 4) is 5.75 Å². The second kappa shape index (κ2) is 6.59. The predicted molar refractivity (Wildman–Crippen MR) is 58.8 cm³/mol. The highest BCUT2D eigenvalue weighted by Crippen LogP contribution is 2.15. The maximum Gasteiger partial charge on any atom is 0.234 e. The predicted octanol–water partition coefficient (Wildman–Crippen LogP) is 0.787. The largest absolute Gasteiger partial charge is 0.493 e. The number of carbonyl (C=O) groups excluding carboxylic acids is 2. The van der Waals surface area contributed by atoms with Gasteiger partial charge in [0, 0.05) is 18.1 Å². The van der Waals surface area contributed by atoms with Gasteiger partial charge in [0.15, 0.2) is 0 Å². The van der Waals surface area contributed by atoms with Crippen LogP contribution in [0.3, 0.4) is 0 Å². The van der Waals surface area contributed by atoms with Crippen molar-refractivity contribution >= 4 is 12.2 Å². The van der Waals surface area contributed by atoms with Gasteiger partial charge in [0.05, 0.1) is 6.61 Å². The maximum atomic E-state index is 13.0. The highest BCUT2D eigenvalue weighted by atomic mass is 19.1. The number of nitrogens with two attached hydrogens (primary N) is 1. The number of hydrogen-bond donors (Lipinski definition) is 2. The average molecular weight is 240 g/mol. The van der Waals surface area contributed by atoms with Gasteiger partial charge in [0.25, 0.3) is 0 Å². The van der Waals surface area contributed by atoms with Crippen molar-refractivity contribution in [2.75, 3.05) is 6.61 Å². The summed E-state index contributed by atoms with van der Waals surface area (Å²) < 4.78 is 18.2. The van der Waals surface area contributed by atoms with Gasteiger partial charge in [-0.15, -0.1) is 0 Å². The molecule has 1 aromatic rings. The third-order valence-electron chi connectivity index (χ3n) is 2.01. The van der Waals surface area contributed by atoms with Gasteiger partial charge in [-0.1, -0.05) is 0 Å². The summed E-state index contributed by atoms with van der Waals surface area (Å²) in [5, 5.41) is 0. The smallest absolute Gasteiger partial charge is 0.234 e. The molecule has 0 aromatic heterocycles. The number of hydrazine groups is 1. The fourth-order valence-electron chi connectivity index (χ4n) is 1.23. The van der Waals surface area contributed by atoms with Gasteiger partial charge in [-0.2, -0.15) is 0 Å². The van der Waals surface area contributed by atoms with Gasteiger partial charge in [0.1, 0.15) is 17.9 Å². The lowest BCUT2D eigenvalue weighted by Crippen LogP contribution is -2.29. The van der Waals surface area contributed by atoms with E-state index >= 15 is 0 Å². The normalized spacial score (nSPS) is 9.76. The van der Waals surface area contributed by atoms with E-state index in [9.17, 15) is 14.0 Å². The van der Waals surface area contributed by atoms with E-state index in [1.165, 1.54) is 12.1 Å². The Morgan fingerprint density at radius 3 is 2.88 bits per heavy atom. The number of nitrogens with one attached hydrogen (secondary N) is 1. The Bertz CT molecular complexity index is 410. The number of rotatable bonds is 6. The van der Waals surface area contributed by atoms with Crippen LogP contribution in [0.15, 0.2) is 18.2 Å². The van der Waals surface area contributed by atoms with E-state index in [4.69, 9.17) is 10.6 Å². The summed E-state index contributed by atoms with van der Waals surface area (Å²) in [4.78, 5) is 21.3. The summed E-state index contributed by atoms with van der Waals surface area (Å²) in [5.74, 6) is 4.33. The summed E-state index contributed by atoms with van der Waals surface area (Å²) in [7, 11) is 0. The lowest BCUT2D eigenvalue weighted by atomic mass is 10.2. The molecule has 0 saturated heterocycles. The zero-order valence-electron chi connectivity index (χ0n) is 9.11. The molecule has 0 heterocycles. The molecule has 92 valence electrons. The standard InChI is InChI=1S/C11H13FN2O3/c12-9-4-8(7-15)5-10(6-9)17-3-1-2-11(16)14-13/h4-7H,1-3,13H2,(H,14,16). The SMILES string of the molecule is NNC(=O)CCCOc1cc(F)cc(C=O)c1. The Hall–Kier alpha value is -1.95. The third kappa shape index (κ3) is 4.60. The fraction of sp³-hybridized carbons (Fsp3) is 0.273. The van der Waals surface area contributed by atoms with E-state index < -0.39 is 5.82 Å². The number of benzene rings is 1. The van der Waals surface area contributed by atoms with Crippen LogP contribution in [-0.4, -0.2) is 18.8 Å². The Kier molecular flexibility index (Phi) is 5.09. The Balaban J connectivity index is 2.43. The molecule has 1 rings (SSSR count). The minimum absolute atomic E-state index is 0.208. The first kappa shape index (κ1) is 13.1. The summed E-state index contributed by atoms with van der Waals surface area (Å²) in [6.45, 7) is 0.245. The molecule has 1 amide bonds. The van der Waals surface area contributed by atoms with E-state index in [0.717, 1.165) is 6.07 Å². The lowest BCUT2D eigenvalue weighted by molar-refractivity contribution is -0.121. The highest BCUT2D eigenvalue weighted by molar-refractivity contribution is 5.75. The van der Waals surface area contributed by atoms with Gasteiger partial charge in [-0.3, -0.25) is 15.0 Å². The van der Waals surface area contributed by atoms with E-state index in [-0.39, 0.29) is 30.2 Å². The molecule has 0 aliphatic rings. The molecule has 0 aliphatic heterocycles. The molecule has 17 heavy (non-hydrogen) atoms. The van der Waals surface area contributed by atoms with Crippen molar-refractivity contribution in [1.29, 1.82) is 0 Å². The Morgan fingerprint density at radius 2 is 2.24 bits per heavy atom. The molecular formula is C11H13FN2O3. The third-order valence-corrected chi connectivity index (χ3v) is 2.01. The molecule has 0 atom stereocenters. The van der Waals surface area contributed by atoms with Gasteiger partial charge >= 0.3 is 0 Å². The monoisotopic (exact) mass is 240 g/mol. The van der Waals surface area contributed by atoms with Crippen molar-refractivity contribution in [3.05, 3.63) is 29.6 Å². The number of halogens is 1. The highest BCUT2D eigenvalue weighted by Gasteiger charge is 2.02. The minimum Gasteiger partial charge on any atom is -0.493 e. The van der Waals surface area contributed by atoms with Crippen LogP contribution in [0, 0.1) is 5.82 Å².